The molecule has 21 heavy (non-hydrogen) atoms. The van der Waals surface area contributed by atoms with Gasteiger partial charge in [0.15, 0.2) is 0 Å². The molecule has 4 nitrogen and oxygen atoms in total. The number of hydrogen-bond donors (Lipinski definition) is 2. The normalized spacial score (nSPS) is 12.0. The molecule has 1 aromatic carbocycles. The molecule has 2 aromatic rings. The maximum Gasteiger partial charge on any atom is 0.251 e. The number of anilines is 1. The zero-order chi connectivity index (χ0) is 15.4. The van der Waals surface area contributed by atoms with Gasteiger partial charge in [-0.3, -0.25) is 4.79 Å². The first-order valence-corrected chi connectivity index (χ1v) is 7.71. The van der Waals surface area contributed by atoms with Gasteiger partial charge in [0, 0.05) is 27.1 Å². The molecule has 0 fully saturated rings. The number of thiophene rings is 1. The highest BCUT2D eigenvalue weighted by Crippen LogP contribution is 2.24. The molecular weight excluding hydrogens is 284 g/mol. The number of carbonyl (C=O) groups is 1. The Morgan fingerprint density at radius 1 is 1.38 bits per heavy atom. The lowest BCUT2D eigenvalue weighted by Crippen LogP contribution is -2.26. The third-order valence-electron chi connectivity index (χ3n) is 3.04. The average Bonchev–Trinajstić information content (AvgIpc) is 2.85. The van der Waals surface area contributed by atoms with Crippen molar-refractivity contribution in [3.63, 3.8) is 0 Å². The van der Waals surface area contributed by atoms with Crippen LogP contribution in [-0.4, -0.2) is 12.5 Å². The summed E-state index contributed by atoms with van der Waals surface area (Å²) in [7, 11) is 0. The van der Waals surface area contributed by atoms with Gasteiger partial charge in [-0.2, -0.15) is 0 Å². The Hall–Kier alpha value is -2.01. The van der Waals surface area contributed by atoms with E-state index in [0.29, 0.717) is 23.6 Å². The second kappa shape index (κ2) is 6.63. The lowest BCUT2D eigenvalue weighted by atomic mass is 10.1. The molecule has 1 aromatic heterocycles. The van der Waals surface area contributed by atoms with Crippen molar-refractivity contribution in [2.45, 2.75) is 26.8 Å². The molecule has 0 radical (unpaired) electrons. The van der Waals surface area contributed by atoms with Crippen LogP contribution in [-0.2, 0) is 0 Å². The van der Waals surface area contributed by atoms with Crippen LogP contribution in [0.15, 0.2) is 30.3 Å². The van der Waals surface area contributed by atoms with Crippen molar-refractivity contribution >= 4 is 22.9 Å². The third kappa shape index (κ3) is 3.98. The number of ether oxygens (including phenoxy) is 1. The van der Waals surface area contributed by atoms with Gasteiger partial charge in [-0.25, -0.2) is 0 Å². The van der Waals surface area contributed by atoms with Gasteiger partial charge < -0.3 is 15.8 Å². The van der Waals surface area contributed by atoms with Crippen molar-refractivity contribution in [3.05, 3.63) is 45.6 Å². The van der Waals surface area contributed by atoms with Gasteiger partial charge in [-0.1, -0.05) is 0 Å². The Balaban J connectivity index is 2.12. The number of benzene rings is 1. The number of carbonyl (C=O) groups excluding carboxylic acids is 1. The van der Waals surface area contributed by atoms with Crippen LogP contribution >= 0.6 is 11.3 Å². The zero-order valence-electron chi connectivity index (χ0n) is 12.5. The molecule has 3 N–H and O–H groups in total. The molecule has 0 aliphatic carbocycles. The van der Waals surface area contributed by atoms with Crippen LogP contribution in [0.5, 0.6) is 5.75 Å². The van der Waals surface area contributed by atoms with Crippen molar-refractivity contribution in [1.82, 2.24) is 5.32 Å². The van der Waals surface area contributed by atoms with Crippen LogP contribution in [0, 0.1) is 6.92 Å². The summed E-state index contributed by atoms with van der Waals surface area (Å²) in [5.41, 5.74) is 6.85. The van der Waals surface area contributed by atoms with Crippen LogP contribution < -0.4 is 15.8 Å². The fourth-order valence-corrected chi connectivity index (χ4v) is 2.92. The highest BCUT2D eigenvalue weighted by Gasteiger charge is 2.14. The standard InChI is InChI=1S/C16H20N2O2S/c1-4-20-14-8-12(7-13(17)9-14)16(19)18-11(3)15-6-5-10(2)21-15/h5-9,11H,4,17H2,1-3H3,(H,18,19). The lowest BCUT2D eigenvalue weighted by molar-refractivity contribution is 0.0940. The van der Waals surface area contributed by atoms with Gasteiger partial charge in [0.25, 0.3) is 5.91 Å². The summed E-state index contributed by atoms with van der Waals surface area (Å²) < 4.78 is 5.41. The number of rotatable bonds is 5. The van der Waals surface area contributed by atoms with E-state index in [0.717, 1.165) is 4.88 Å². The first-order valence-electron chi connectivity index (χ1n) is 6.90. The smallest absolute Gasteiger partial charge is 0.251 e. The molecule has 0 bridgehead atoms. The van der Waals surface area contributed by atoms with Crippen LogP contribution in [0.25, 0.3) is 0 Å². The minimum Gasteiger partial charge on any atom is -0.494 e. The number of amides is 1. The van der Waals surface area contributed by atoms with Crippen molar-refractivity contribution in [3.8, 4) is 5.75 Å². The molecule has 1 unspecified atom stereocenters. The van der Waals surface area contributed by atoms with Crippen molar-refractivity contribution in [2.24, 2.45) is 0 Å². The Kier molecular flexibility index (Phi) is 4.85. The van der Waals surface area contributed by atoms with Crippen molar-refractivity contribution < 1.29 is 9.53 Å². The Bertz CT molecular complexity index is 637. The van der Waals surface area contributed by atoms with E-state index in [1.807, 2.05) is 19.9 Å². The molecule has 5 heteroatoms. The van der Waals surface area contributed by atoms with Crippen LogP contribution in [0.3, 0.4) is 0 Å². The molecule has 1 atom stereocenters. The summed E-state index contributed by atoms with van der Waals surface area (Å²) in [5.74, 6) is 0.462. The predicted molar refractivity (Wildman–Crippen MR) is 87.0 cm³/mol. The molecule has 0 saturated carbocycles. The largest absolute Gasteiger partial charge is 0.494 e. The first-order chi connectivity index (χ1) is 9.99. The van der Waals surface area contributed by atoms with E-state index >= 15 is 0 Å². The van der Waals surface area contributed by atoms with E-state index in [4.69, 9.17) is 10.5 Å². The number of nitrogens with one attached hydrogen (secondary N) is 1. The van der Waals surface area contributed by atoms with E-state index in [9.17, 15) is 4.79 Å². The maximum atomic E-state index is 12.3. The van der Waals surface area contributed by atoms with Crippen molar-refractivity contribution in [1.29, 1.82) is 0 Å². The van der Waals surface area contributed by atoms with Crippen LogP contribution in [0.2, 0.25) is 0 Å². The Morgan fingerprint density at radius 3 is 2.76 bits per heavy atom. The number of hydrogen-bond acceptors (Lipinski definition) is 4. The molecular formula is C16H20N2O2S. The fourth-order valence-electron chi connectivity index (χ4n) is 2.04. The van der Waals surface area contributed by atoms with Crippen molar-refractivity contribution in [2.75, 3.05) is 12.3 Å². The van der Waals surface area contributed by atoms with Crippen LogP contribution in [0.4, 0.5) is 5.69 Å². The molecule has 0 saturated heterocycles. The average molecular weight is 304 g/mol. The fraction of sp³-hybridized carbons (Fsp3) is 0.312. The quantitative estimate of drug-likeness (QED) is 0.831. The topological polar surface area (TPSA) is 64.3 Å². The Labute approximate surface area is 128 Å². The highest BCUT2D eigenvalue weighted by atomic mass is 32.1. The molecule has 0 spiro atoms. The summed E-state index contributed by atoms with van der Waals surface area (Å²) in [6, 6.07) is 9.14. The number of aryl methyl sites for hydroxylation is 1. The van der Waals surface area contributed by atoms with Gasteiger partial charge >= 0.3 is 0 Å². The minimum atomic E-state index is -0.151. The summed E-state index contributed by atoms with van der Waals surface area (Å²) in [6.07, 6.45) is 0. The van der Waals surface area contributed by atoms with Gasteiger partial charge in [0.05, 0.1) is 12.6 Å². The summed E-state index contributed by atoms with van der Waals surface area (Å²) in [6.45, 7) is 6.45. The molecule has 2 rings (SSSR count). The van der Waals surface area contributed by atoms with Gasteiger partial charge in [0.2, 0.25) is 0 Å². The highest BCUT2D eigenvalue weighted by molar-refractivity contribution is 7.12. The lowest BCUT2D eigenvalue weighted by Gasteiger charge is -2.13. The van der Waals surface area contributed by atoms with Gasteiger partial charge in [-0.15, -0.1) is 11.3 Å². The predicted octanol–water partition coefficient (Wildman–Crippen LogP) is 3.53. The monoisotopic (exact) mass is 304 g/mol. The number of nitrogens with two attached hydrogens (primary N) is 1. The second-order valence-corrected chi connectivity index (χ2v) is 6.19. The summed E-state index contributed by atoms with van der Waals surface area (Å²) in [4.78, 5) is 14.7. The minimum absolute atomic E-state index is 0.0341. The van der Waals surface area contributed by atoms with E-state index in [1.165, 1.54) is 4.88 Å². The SMILES string of the molecule is CCOc1cc(N)cc(C(=O)NC(C)c2ccc(C)s2)c1. The molecule has 0 aliphatic rings. The van der Waals surface area contributed by atoms with Gasteiger partial charge in [-0.05, 0) is 45.0 Å². The first kappa shape index (κ1) is 15.4. The molecule has 112 valence electrons. The second-order valence-electron chi connectivity index (χ2n) is 4.87. The summed E-state index contributed by atoms with van der Waals surface area (Å²) in [5, 5.41) is 2.98. The van der Waals surface area contributed by atoms with Crippen LogP contribution in [0.1, 0.15) is 40.0 Å². The number of nitrogen functional groups attached to an aromatic ring is 1. The molecule has 0 aliphatic heterocycles. The van der Waals surface area contributed by atoms with E-state index in [1.54, 1.807) is 29.5 Å². The molecule has 1 amide bonds. The third-order valence-corrected chi connectivity index (χ3v) is 4.22. The molecule has 1 heterocycles. The zero-order valence-corrected chi connectivity index (χ0v) is 13.3. The van der Waals surface area contributed by atoms with Gasteiger partial charge in [0.1, 0.15) is 5.75 Å². The van der Waals surface area contributed by atoms with E-state index in [-0.39, 0.29) is 11.9 Å². The summed E-state index contributed by atoms with van der Waals surface area (Å²) >= 11 is 1.68. The Morgan fingerprint density at radius 2 is 2.14 bits per heavy atom. The van der Waals surface area contributed by atoms with E-state index < -0.39 is 0 Å². The van der Waals surface area contributed by atoms with E-state index in [2.05, 4.69) is 18.3 Å². The maximum absolute atomic E-state index is 12.3.